The smallest absolute Gasteiger partial charge is 0.243 e. The largest absolute Gasteiger partial charge is 0.307 e. The number of amides is 1. The number of aromatic amines is 1. The van der Waals surface area contributed by atoms with Crippen LogP contribution in [-0.4, -0.2) is 41.1 Å². The second-order valence-corrected chi connectivity index (χ2v) is 5.40. The molecule has 0 aliphatic heterocycles. The van der Waals surface area contributed by atoms with Gasteiger partial charge >= 0.3 is 0 Å². The van der Waals surface area contributed by atoms with Crippen LogP contribution in [-0.2, 0) is 4.79 Å². The first-order valence-electron chi connectivity index (χ1n) is 6.51. The summed E-state index contributed by atoms with van der Waals surface area (Å²) in [5.74, 6) is 0.00835. The van der Waals surface area contributed by atoms with Crippen LogP contribution < -0.4 is 5.32 Å². The zero-order valence-corrected chi connectivity index (χ0v) is 12.1. The number of hydrogen-bond acceptors (Lipinski definition) is 3. The fourth-order valence-corrected chi connectivity index (χ4v) is 2.41. The number of halogens is 1. The van der Waals surface area contributed by atoms with Crippen molar-refractivity contribution in [3.8, 4) is 0 Å². The first-order chi connectivity index (χ1) is 9.40. The lowest BCUT2D eigenvalue weighted by molar-refractivity contribution is -0.121. The Morgan fingerprint density at radius 3 is 2.70 bits per heavy atom. The molecule has 2 aromatic rings. The number of carbonyl (C=O) groups is 1. The maximum atomic E-state index is 13.3. The monoisotopic (exact) mass is 278 g/mol. The molecule has 0 unspecified atom stereocenters. The zero-order chi connectivity index (χ0) is 14.9. The summed E-state index contributed by atoms with van der Waals surface area (Å²) in [5.41, 5.74) is 0.688. The summed E-state index contributed by atoms with van der Waals surface area (Å²) in [6, 6.07) is 4.03. The normalized spacial score (nSPS) is 13.2. The molecule has 1 atom stereocenters. The Morgan fingerprint density at radius 1 is 1.40 bits per heavy atom. The third-order valence-corrected chi connectivity index (χ3v) is 3.22. The Labute approximate surface area is 117 Å². The van der Waals surface area contributed by atoms with Gasteiger partial charge in [-0.15, -0.1) is 0 Å². The quantitative estimate of drug-likeness (QED) is 0.901. The van der Waals surface area contributed by atoms with E-state index in [0.717, 1.165) is 0 Å². The van der Waals surface area contributed by atoms with E-state index in [4.69, 9.17) is 0 Å². The molecule has 1 amide bonds. The van der Waals surface area contributed by atoms with Crippen molar-refractivity contribution in [2.45, 2.75) is 19.9 Å². The molecule has 108 valence electrons. The van der Waals surface area contributed by atoms with Crippen molar-refractivity contribution in [2.75, 3.05) is 19.4 Å². The van der Waals surface area contributed by atoms with Gasteiger partial charge in [-0.3, -0.25) is 14.8 Å². The van der Waals surface area contributed by atoms with Gasteiger partial charge in [0.15, 0.2) is 5.82 Å². The molecule has 0 bridgehead atoms. The van der Waals surface area contributed by atoms with Crippen molar-refractivity contribution in [2.24, 2.45) is 5.92 Å². The highest BCUT2D eigenvalue weighted by Gasteiger charge is 2.25. The van der Waals surface area contributed by atoms with Crippen molar-refractivity contribution in [1.29, 1.82) is 0 Å². The molecular weight excluding hydrogens is 259 g/mol. The summed E-state index contributed by atoms with van der Waals surface area (Å²) in [5, 5.41) is 10.1. The summed E-state index contributed by atoms with van der Waals surface area (Å²) in [4.78, 5) is 14.2. The Kier molecular flexibility index (Phi) is 4.04. The third-order valence-electron chi connectivity index (χ3n) is 3.22. The molecule has 0 radical (unpaired) electrons. The van der Waals surface area contributed by atoms with Gasteiger partial charge in [0.2, 0.25) is 5.91 Å². The van der Waals surface area contributed by atoms with Crippen molar-refractivity contribution in [3.05, 3.63) is 24.0 Å². The van der Waals surface area contributed by atoms with E-state index in [1.165, 1.54) is 12.1 Å². The van der Waals surface area contributed by atoms with Crippen molar-refractivity contribution >= 4 is 22.6 Å². The van der Waals surface area contributed by atoms with Gasteiger partial charge in [-0.25, -0.2) is 4.39 Å². The lowest BCUT2D eigenvalue weighted by Gasteiger charge is -2.26. The van der Waals surface area contributed by atoms with Crippen LogP contribution in [0.15, 0.2) is 18.2 Å². The molecular formula is C14H19FN4O. The highest BCUT2D eigenvalue weighted by atomic mass is 19.1. The molecule has 0 aliphatic carbocycles. The van der Waals surface area contributed by atoms with Gasteiger partial charge in [-0.2, -0.15) is 5.10 Å². The highest BCUT2D eigenvalue weighted by Crippen LogP contribution is 2.22. The fourth-order valence-electron chi connectivity index (χ4n) is 2.41. The number of nitrogens with zero attached hydrogens (tertiary/aromatic N) is 2. The van der Waals surface area contributed by atoms with Gasteiger partial charge in [0.25, 0.3) is 0 Å². The molecule has 0 saturated heterocycles. The minimum absolute atomic E-state index is 0.150. The number of fused-ring (bicyclic) bond motifs is 1. The van der Waals surface area contributed by atoms with E-state index in [-0.39, 0.29) is 23.7 Å². The number of nitrogens with one attached hydrogen (secondary N) is 2. The Balaban J connectivity index is 2.27. The SMILES string of the molecule is CC(C)[C@@H](C(=O)Nc1n[nH]c2ccc(F)cc12)N(C)C. The number of carbonyl (C=O) groups excluding carboxylic acids is 1. The third kappa shape index (κ3) is 2.80. The standard InChI is InChI=1S/C14H19FN4O/c1-8(2)12(19(3)4)14(20)16-13-10-7-9(15)5-6-11(10)17-18-13/h5-8,12H,1-4H3,(H2,16,17,18,20)/t12-/m0/s1. The van der Waals surface area contributed by atoms with E-state index in [9.17, 15) is 9.18 Å². The summed E-state index contributed by atoms with van der Waals surface area (Å²) < 4.78 is 13.3. The molecule has 0 spiro atoms. The molecule has 2 N–H and O–H groups in total. The molecule has 0 aliphatic rings. The van der Waals surface area contributed by atoms with Crippen LogP contribution in [0, 0.1) is 11.7 Å². The number of rotatable bonds is 4. The van der Waals surface area contributed by atoms with E-state index in [2.05, 4.69) is 15.5 Å². The van der Waals surface area contributed by atoms with Gasteiger partial charge in [0.1, 0.15) is 5.82 Å². The van der Waals surface area contributed by atoms with E-state index in [1.54, 1.807) is 6.07 Å². The highest BCUT2D eigenvalue weighted by molar-refractivity contribution is 6.01. The van der Waals surface area contributed by atoms with Crippen LogP contribution in [0.2, 0.25) is 0 Å². The van der Waals surface area contributed by atoms with Crippen LogP contribution in [0.5, 0.6) is 0 Å². The van der Waals surface area contributed by atoms with Gasteiger partial charge in [0.05, 0.1) is 11.6 Å². The second-order valence-electron chi connectivity index (χ2n) is 5.40. The Hall–Kier alpha value is -1.95. The molecule has 20 heavy (non-hydrogen) atoms. The summed E-state index contributed by atoms with van der Waals surface area (Å²) >= 11 is 0. The number of H-pyrrole nitrogens is 1. The summed E-state index contributed by atoms with van der Waals surface area (Å²) in [6.07, 6.45) is 0. The second kappa shape index (κ2) is 5.58. The summed E-state index contributed by atoms with van der Waals surface area (Å²) in [6.45, 7) is 3.96. The van der Waals surface area contributed by atoms with Crippen LogP contribution in [0.4, 0.5) is 10.2 Å². The van der Waals surface area contributed by atoms with Crippen LogP contribution >= 0.6 is 0 Å². The van der Waals surface area contributed by atoms with Crippen LogP contribution in [0.3, 0.4) is 0 Å². The predicted molar refractivity (Wildman–Crippen MR) is 77.0 cm³/mol. The average molecular weight is 278 g/mol. The topological polar surface area (TPSA) is 61.0 Å². The zero-order valence-electron chi connectivity index (χ0n) is 12.1. The lowest BCUT2D eigenvalue weighted by Crippen LogP contribution is -2.43. The molecule has 1 heterocycles. The van der Waals surface area contributed by atoms with Crippen LogP contribution in [0.1, 0.15) is 13.8 Å². The molecule has 2 rings (SSSR count). The first-order valence-corrected chi connectivity index (χ1v) is 6.51. The number of anilines is 1. The average Bonchev–Trinajstić information content (AvgIpc) is 2.70. The Morgan fingerprint density at radius 2 is 2.10 bits per heavy atom. The fraction of sp³-hybridized carbons (Fsp3) is 0.429. The first kappa shape index (κ1) is 14.5. The van der Waals surface area contributed by atoms with Gasteiger partial charge in [-0.05, 0) is 38.2 Å². The summed E-state index contributed by atoms with van der Waals surface area (Å²) in [7, 11) is 3.71. The van der Waals surface area contributed by atoms with E-state index >= 15 is 0 Å². The van der Waals surface area contributed by atoms with E-state index in [1.807, 2.05) is 32.8 Å². The lowest BCUT2D eigenvalue weighted by atomic mass is 10.0. The number of aromatic nitrogens is 2. The van der Waals surface area contributed by atoms with Crippen molar-refractivity contribution in [1.82, 2.24) is 15.1 Å². The number of hydrogen-bond donors (Lipinski definition) is 2. The van der Waals surface area contributed by atoms with Crippen molar-refractivity contribution < 1.29 is 9.18 Å². The maximum Gasteiger partial charge on any atom is 0.243 e. The molecule has 1 aromatic heterocycles. The molecule has 6 heteroatoms. The van der Waals surface area contributed by atoms with Crippen LogP contribution in [0.25, 0.3) is 10.9 Å². The van der Waals surface area contributed by atoms with Gasteiger partial charge in [-0.1, -0.05) is 13.8 Å². The number of likely N-dealkylation sites (N-methyl/N-ethyl adjacent to an activating group) is 1. The van der Waals surface area contributed by atoms with Gasteiger partial charge in [0, 0.05) is 5.39 Å². The van der Waals surface area contributed by atoms with E-state index in [0.29, 0.717) is 16.7 Å². The molecule has 0 saturated carbocycles. The maximum absolute atomic E-state index is 13.3. The predicted octanol–water partition coefficient (Wildman–Crippen LogP) is 2.23. The molecule has 0 fully saturated rings. The van der Waals surface area contributed by atoms with E-state index < -0.39 is 0 Å². The minimum Gasteiger partial charge on any atom is -0.307 e. The van der Waals surface area contributed by atoms with Gasteiger partial charge < -0.3 is 5.32 Å². The molecule has 1 aromatic carbocycles. The molecule has 5 nitrogen and oxygen atoms in total. The Bertz CT molecular complexity index is 613. The van der Waals surface area contributed by atoms with Crippen molar-refractivity contribution in [3.63, 3.8) is 0 Å². The minimum atomic E-state index is -0.359. The number of benzene rings is 1.